The first-order chi connectivity index (χ1) is 6.53. The summed E-state index contributed by atoms with van der Waals surface area (Å²) in [7, 11) is 0. The van der Waals surface area contributed by atoms with Crippen LogP contribution in [0, 0.1) is 23.7 Å². The first-order valence-electron chi connectivity index (χ1n) is 5.73. The molecule has 1 N–H and O–H groups in total. The van der Waals surface area contributed by atoms with Gasteiger partial charge >= 0.3 is 0 Å². The second-order valence-electron chi connectivity index (χ2n) is 5.42. The molecule has 1 aliphatic carbocycles. The molecule has 0 radical (unpaired) electrons. The summed E-state index contributed by atoms with van der Waals surface area (Å²) in [4.78, 5) is 0. The Morgan fingerprint density at radius 1 is 1.57 bits per heavy atom. The topological polar surface area (TPSA) is 12.0 Å². The summed E-state index contributed by atoms with van der Waals surface area (Å²) >= 11 is 0. The van der Waals surface area contributed by atoms with Crippen LogP contribution < -0.4 is 5.32 Å². The molecule has 14 heavy (non-hydrogen) atoms. The summed E-state index contributed by atoms with van der Waals surface area (Å²) in [6.45, 7) is 7.90. The van der Waals surface area contributed by atoms with Crippen LogP contribution in [-0.2, 0) is 0 Å². The van der Waals surface area contributed by atoms with E-state index in [0.29, 0.717) is 5.41 Å². The molecule has 0 heterocycles. The predicted molar refractivity (Wildman–Crippen MR) is 62.0 cm³/mol. The van der Waals surface area contributed by atoms with Gasteiger partial charge in [-0.3, -0.25) is 0 Å². The van der Waals surface area contributed by atoms with Crippen molar-refractivity contribution >= 4 is 0 Å². The van der Waals surface area contributed by atoms with Gasteiger partial charge in [0.1, 0.15) is 0 Å². The molecular formula is C13H23N. The van der Waals surface area contributed by atoms with Gasteiger partial charge in [0.25, 0.3) is 0 Å². The normalized spacial score (nSPS) is 28.0. The number of hydrogen-bond donors (Lipinski definition) is 1. The molecule has 0 spiro atoms. The highest BCUT2D eigenvalue weighted by Gasteiger charge is 2.27. The van der Waals surface area contributed by atoms with Crippen LogP contribution in [0.15, 0.2) is 0 Å². The van der Waals surface area contributed by atoms with Crippen LogP contribution in [0.4, 0.5) is 0 Å². The summed E-state index contributed by atoms with van der Waals surface area (Å²) in [5, 5.41) is 3.40. The lowest BCUT2D eigenvalue weighted by Crippen LogP contribution is -2.34. The Hall–Kier alpha value is -0.480. The van der Waals surface area contributed by atoms with E-state index >= 15 is 0 Å². The molecule has 1 aliphatic rings. The lowest BCUT2D eigenvalue weighted by molar-refractivity contribution is 0.177. The van der Waals surface area contributed by atoms with Gasteiger partial charge in [-0.1, -0.05) is 26.2 Å². The Labute approximate surface area is 88.7 Å². The summed E-state index contributed by atoms with van der Waals surface area (Å²) in [5.74, 6) is 3.54. The van der Waals surface area contributed by atoms with Gasteiger partial charge < -0.3 is 5.32 Å². The number of rotatable bonds is 3. The van der Waals surface area contributed by atoms with Gasteiger partial charge in [0.05, 0.1) is 6.04 Å². The van der Waals surface area contributed by atoms with E-state index in [0.717, 1.165) is 12.5 Å². The minimum atomic E-state index is 0.222. The summed E-state index contributed by atoms with van der Waals surface area (Å²) in [6.07, 6.45) is 10.8. The molecule has 0 aromatic heterocycles. The maximum absolute atomic E-state index is 5.33. The van der Waals surface area contributed by atoms with E-state index in [-0.39, 0.29) is 6.04 Å². The minimum Gasteiger partial charge on any atom is -0.304 e. The highest BCUT2D eigenvalue weighted by Crippen LogP contribution is 2.38. The van der Waals surface area contributed by atoms with Crippen molar-refractivity contribution in [1.29, 1.82) is 0 Å². The first kappa shape index (κ1) is 11.6. The van der Waals surface area contributed by atoms with E-state index in [1.807, 2.05) is 6.92 Å². The van der Waals surface area contributed by atoms with Crippen LogP contribution >= 0.6 is 0 Å². The monoisotopic (exact) mass is 193 g/mol. The van der Waals surface area contributed by atoms with Crippen LogP contribution in [0.1, 0.15) is 46.5 Å². The van der Waals surface area contributed by atoms with Gasteiger partial charge in [0.15, 0.2) is 0 Å². The Kier molecular flexibility index (Phi) is 4.01. The fourth-order valence-corrected chi connectivity index (χ4v) is 2.43. The molecular weight excluding hydrogens is 170 g/mol. The lowest BCUT2D eigenvalue weighted by atomic mass is 9.72. The molecule has 1 saturated carbocycles. The van der Waals surface area contributed by atoms with E-state index in [1.165, 1.54) is 25.7 Å². The smallest absolute Gasteiger partial charge is 0.0658 e. The second-order valence-corrected chi connectivity index (χ2v) is 5.42. The van der Waals surface area contributed by atoms with Crippen molar-refractivity contribution in [3.05, 3.63) is 0 Å². The minimum absolute atomic E-state index is 0.222. The van der Waals surface area contributed by atoms with Crippen molar-refractivity contribution in [3.63, 3.8) is 0 Å². The Bertz CT molecular complexity index is 212. The second kappa shape index (κ2) is 4.84. The van der Waals surface area contributed by atoms with E-state index in [1.54, 1.807) is 0 Å². The molecule has 0 aliphatic heterocycles. The molecule has 1 fully saturated rings. The Morgan fingerprint density at radius 3 is 2.86 bits per heavy atom. The Balaban J connectivity index is 2.28. The predicted octanol–water partition coefficient (Wildman–Crippen LogP) is 2.81. The van der Waals surface area contributed by atoms with Gasteiger partial charge in [-0.25, -0.2) is 0 Å². The average molecular weight is 193 g/mol. The van der Waals surface area contributed by atoms with Crippen LogP contribution in [0.3, 0.4) is 0 Å². The van der Waals surface area contributed by atoms with Crippen LogP contribution in [0.25, 0.3) is 0 Å². The standard InChI is InChI=1S/C13H23N/c1-5-11(2)14-10-12-7-6-8-13(3,4)9-12/h1,11-12,14H,6-10H2,2-4H3. The summed E-state index contributed by atoms with van der Waals surface area (Å²) in [6, 6.07) is 0.222. The quantitative estimate of drug-likeness (QED) is 0.680. The number of terminal acetylenes is 1. The van der Waals surface area contributed by atoms with Crippen LogP contribution in [-0.4, -0.2) is 12.6 Å². The molecule has 1 rings (SSSR count). The van der Waals surface area contributed by atoms with Gasteiger partial charge in [-0.05, 0) is 44.1 Å². The third-order valence-corrected chi connectivity index (χ3v) is 3.27. The number of hydrogen-bond acceptors (Lipinski definition) is 1. The van der Waals surface area contributed by atoms with Crippen molar-refractivity contribution in [2.75, 3.05) is 6.54 Å². The highest BCUT2D eigenvalue weighted by atomic mass is 14.9. The lowest BCUT2D eigenvalue weighted by Gasteiger charge is -2.35. The van der Waals surface area contributed by atoms with E-state index in [2.05, 4.69) is 25.1 Å². The molecule has 0 amide bonds. The van der Waals surface area contributed by atoms with Gasteiger partial charge in [0.2, 0.25) is 0 Å². The van der Waals surface area contributed by atoms with Gasteiger partial charge in [-0.15, -0.1) is 6.42 Å². The van der Waals surface area contributed by atoms with Crippen molar-refractivity contribution in [2.45, 2.75) is 52.5 Å². The molecule has 1 heteroatoms. The maximum Gasteiger partial charge on any atom is 0.0658 e. The van der Waals surface area contributed by atoms with Crippen molar-refractivity contribution < 1.29 is 0 Å². The zero-order valence-electron chi connectivity index (χ0n) is 9.77. The molecule has 1 nitrogen and oxygen atoms in total. The average Bonchev–Trinajstić information content (AvgIpc) is 2.12. The zero-order chi connectivity index (χ0) is 10.6. The van der Waals surface area contributed by atoms with E-state index in [9.17, 15) is 0 Å². The molecule has 2 unspecified atom stereocenters. The largest absolute Gasteiger partial charge is 0.304 e. The third-order valence-electron chi connectivity index (χ3n) is 3.27. The van der Waals surface area contributed by atoms with Gasteiger partial charge in [-0.2, -0.15) is 0 Å². The molecule has 0 saturated heterocycles. The SMILES string of the molecule is C#CC(C)NCC1CCCC(C)(C)C1. The Morgan fingerprint density at radius 2 is 2.29 bits per heavy atom. The third kappa shape index (κ3) is 3.72. The number of nitrogens with one attached hydrogen (secondary N) is 1. The van der Waals surface area contributed by atoms with Crippen molar-refractivity contribution in [3.8, 4) is 12.3 Å². The zero-order valence-corrected chi connectivity index (χ0v) is 9.77. The van der Waals surface area contributed by atoms with Crippen molar-refractivity contribution in [1.82, 2.24) is 5.32 Å². The maximum atomic E-state index is 5.33. The van der Waals surface area contributed by atoms with E-state index < -0.39 is 0 Å². The molecule has 2 atom stereocenters. The van der Waals surface area contributed by atoms with E-state index in [4.69, 9.17) is 6.42 Å². The summed E-state index contributed by atoms with van der Waals surface area (Å²) in [5.41, 5.74) is 0.546. The highest BCUT2D eigenvalue weighted by molar-refractivity contribution is 4.96. The molecule has 0 bridgehead atoms. The van der Waals surface area contributed by atoms with Crippen LogP contribution in [0.5, 0.6) is 0 Å². The molecule has 0 aromatic carbocycles. The first-order valence-corrected chi connectivity index (χ1v) is 5.73. The fraction of sp³-hybridized carbons (Fsp3) is 0.846. The van der Waals surface area contributed by atoms with Crippen LogP contribution in [0.2, 0.25) is 0 Å². The molecule has 0 aromatic rings. The summed E-state index contributed by atoms with van der Waals surface area (Å²) < 4.78 is 0. The fourth-order valence-electron chi connectivity index (χ4n) is 2.43. The molecule has 80 valence electrons. The van der Waals surface area contributed by atoms with Gasteiger partial charge in [0, 0.05) is 0 Å². The van der Waals surface area contributed by atoms with Crippen molar-refractivity contribution in [2.24, 2.45) is 11.3 Å².